The van der Waals surface area contributed by atoms with Crippen LogP contribution in [0.25, 0.3) is 10.9 Å². The summed E-state index contributed by atoms with van der Waals surface area (Å²) in [5.74, 6) is 0.726. The van der Waals surface area contributed by atoms with Crippen LogP contribution in [0.1, 0.15) is 11.1 Å². The highest BCUT2D eigenvalue weighted by molar-refractivity contribution is 6.28. The average Bonchev–Trinajstić information content (AvgIpc) is 2.43. The lowest BCUT2D eigenvalue weighted by Gasteiger charge is -2.10. The van der Waals surface area contributed by atoms with Crippen molar-refractivity contribution < 1.29 is 0 Å². The maximum atomic E-state index is 5.98. The monoisotopic (exact) mass is 283 g/mol. The summed E-state index contributed by atoms with van der Waals surface area (Å²) >= 11 is 5.98. The van der Waals surface area contributed by atoms with E-state index in [4.69, 9.17) is 11.6 Å². The minimum atomic E-state index is 0.245. The highest BCUT2D eigenvalue weighted by atomic mass is 35.5. The third kappa shape index (κ3) is 2.45. The molecule has 20 heavy (non-hydrogen) atoms. The molecule has 0 atom stereocenters. The van der Waals surface area contributed by atoms with Crippen molar-refractivity contribution in [2.75, 3.05) is 5.32 Å². The number of para-hydroxylation sites is 1. The number of aromatic nitrogens is 2. The Labute approximate surface area is 122 Å². The molecule has 0 saturated carbocycles. The number of anilines is 2. The van der Waals surface area contributed by atoms with Crippen LogP contribution in [-0.4, -0.2) is 9.97 Å². The number of fused-ring (bicyclic) bond motifs is 1. The molecule has 3 rings (SSSR count). The molecule has 0 aliphatic rings. The van der Waals surface area contributed by atoms with E-state index in [2.05, 4.69) is 41.3 Å². The summed E-state index contributed by atoms with van der Waals surface area (Å²) in [5.41, 5.74) is 4.33. The van der Waals surface area contributed by atoms with E-state index in [9.17, 15) is 0 Å². The summed E-state index contributed by atoms with van der Waals surface area (Å²) in [7, 11) is 0. The van der Waals surface area contributed by atoms with Crippen molar-refractivity contribution >= 4 is 34.0 Å². The first-order valence-electron chi connectivity index (χ1n) is 6.40. The van der Waals surface area contributed by atoms with Crippen LogP contribution in [0.4, 0.5) is 11.5 Å². The molecule has 0 amide bonds. The van der Waals surface area contributed by atoms with Crippen molar-refractivity contribution in [2.45, 2.75) is 13.8 Å². The van der Waals surface area contributed by atoms with Crippen LogP contribution in [0.5, 0.6) is 0 Å². The van der Waals surface area contributed by atoms with Gasteiger partial charge in [-0.15, -0.1) is 0 Å². The van der Waals surface area contributed by atoms with Crippen molar-refractivity contribution in [2.24, 2.45) is 0 Å². The van der Waals surface area contributed by atoms with E-state index in [0.29, 0.717) is 0 Å². The fourth-order valence-corrected chi connectivity index (χ4v) is 2.28. The van der Waals surface area contributed by atoms with Gasteiger partial charge in [0.1, 0.15) is 5.82 Å². The van der Waals surface area contributed by atoms with Crippen LogP contribution < -0.4 is 5.32 Å². The lowest BCUT2D eigenvalue weighted by molar-refractivity contribution is 1.22. The van der Waals surface area contributed by atoms with Gasteiger partial charge in [0.15, 0.2) is 0 Å². The van der Waals surface area contributed by atoms with Crippen molar-refractivity contribution in [3.63, 3.8) is 0 Å². The Hall–Kier alpha value is -2.13. The van der Waals surface area contributed by atoms with Crippen LogP contribution in [-0.2, 0) is 0 Å². The molecular weight excluding hydrogens is 270 g/mol. The largest absolute Gasteiger partial charge is 0.340 e. The Balaban J connectivity index is 2.07. The van der Waals surface area contributed by atoms with E-state index in [1.165, 1.54) is 11.1 Å². The molecule has 0 radical (unpaired) electrons. The Morgan fingerprint density at radius 3 is 2.55 bits per heavy atom. The maximum Gasteiger partial charge on any atom is 0.224 e. The molecule has 2 aromatic carbocycles. The van der Waals surface area contributed by atoms with Gasteiger partial charge in [0, 0.05) is 11.1 Å². The van der Waals surface area contributed by atoms with Crippen molar-refractivity contribution in [3.05, 3.63) is 58.9 Å². The standard InChI is InChI=1S/C16H14ClN3/c1-10-7-8-12(9-11(10)2)18-15-13-5-3-4-6-14(13)19-16(17)20-15/h3-9H,1-2H3,(H,18,19,20). The highest BCUT2D eigenvalue weighted by Gasteiger charge is 2.06. The molecule has 0 bridgehead atoms. The van der Waals surface area contributed by atoms with Crippen molar-refractivity contribution in [3.8, 4) is 0 Å². The first-order valence-corrected chi connectivity index (χ1v) is 6.78. The lowest BCUT2D eigenvalue weighted by Crippen LogP contribution is -1.97. The summed E-state index contributed by atoms with van der Waals surface area (Å²) < 4.78 is 0. The Kier molecular flexibility index (Phi) is 3.28. The van der Waals surface area contributed by atoms with E-state index in [1.54, 1.807) is 0 Å². The second-order valence-electron chi connectivity index (χ2n) is 4.78. The van der Waals surface area contributed by atoms with E-state index in [-0.39, 0.29) is 5.28 Å². The van der Waals surface area contributed by atoms with Gasteiger partial charge in [0.05, 0.1) is 5.52 Å². The lowest BCUT2D eigenvalue weighted by atomic mass is 10.1. The number of hydrogen-bond donors (Lipinski definition) is 1. The molecule has 1 aromatic heterocycles. The van der Waals surface area contributed by atoms with Gasteiger partial charge >= 0.3 is 0 Å². The molecule has 3 aromatic rings. The number of nitrogens with one attached hydrogen (secondary N) is 1. The number of aryl methyl sites for hydroxylation is 2. The van der Waals surface area contributed by atoms with E-state index in [0.717, 1.165) is 22.4 Å². The fourth-order valence-electron chi connectivity index (χ4n) is 2.10. The Morgan fingerprint density at radius 1 is 0.950 bits per heavy atom. The summed E-state index contributed by atoms with van der Waals surface area (Å²) in [6, 6.07) is 14.0. The van der Waals surface area contributed by atoms with Crippen LogP contribution in [0.2, 0.25) is 5.28 Å². The third-order valence-corrected chi connectivity index (χ3v) is 3.51. The van der Waals surface area contributed by atoms with Crippen molar-refractivity contribution in [1.29, 1.82) is 0 Å². The molecule has 0 spiro atoms. The second-order valence-corrected chi connectivity index (χ2v) is 5.12. The number of rotatable bonds is 2. The van der Waals surface area contributed by atoms with Crippen LogP contribution >= 0.6 is 11.6 Å². The number of nitrogens with zero attached hydrogens (tertiary/aromatic N) is 2. The highest BCUT2D eigenvalue weighted by Crippen LogP contribution is 2.25. The molecule has 3 nitrogen and oxygen atoms in total. The van der Waals surface area contributed by atoms with Crippen LogP contribution in [0.3, 0.4) is 0 Å². The van der Waals surface area contributed by atoms with E-state index < -0.39 is 0 Å². The van der Waals surface area contributed by atoms with Crippen molar-refractivity contribution in [1.82, 2.24) is 9.97 Å². The van der Waals surface area contributed by atoms with E-state index >= 15 is 0 Å². The SMILES string of the molecule is Cc1ccc(Nc2nc(Cl)nc3ccccc23)cc1C. The van der Waals surface area contributed by atoms with Gasteiger partial charge in [-0.05, 0) is 60.8 Å². The molecule has 100 valence electrons. The van der Waals surface area contributed by atoms with Crippen LogP contribution in [0, 0.1) is 13.8 Å². The zero-order chi connectivity index (χ0) is 14.1. The normalized spacial score (nSPS) is 10.8. The summed E-state index contributed by atoms with van der Waals surface area (Å²) in [6.45, 7) is 4.18. The van der Waals surface area contributed by atoms with Gasteiger partial charge in [0.25, 0.3) is 0 Å². The van der Waals surface area contributed by atoms with Gasteiger partial charge in [-0.25, -0.2) is 4.98 Å². The molecule has 0 aliphatic heterocycles. The first-order chi connectivity index (χ1) is 9.63. The zero-order valence-corrected chi connectivity index (χ0v) is 12.1. The predicted molar refractivity (Wildman–Crippen MR) is 83.7 cm³/mol. The van der Waals surface area contributed by atoms with Gasteiger partial charge in [0.2, 0.25) is 5.28 Å². The van der Waals surface area contributed by atoms with Gasteiger partial charge in [-0.3, -0.25) is 0 Å². The van der Waals surface area contributed by atoms with Gasteiger partial charge < -0.3 is 5.32 Å². The summed E-state index contributed by atoms with van der Waals surface area (Å²) in [5, 5.41) is 4.52. The molecule has 0 saturated heterocycles. The molecule has 1 N–H and O–H groups in total. The quantitative estimate of drug-likeness (QED) is 0.696. The van der Waals surface area contributed by atoms with Crippen LogP contribution in [0.15, 0.2) is 42.5 Å². The Morgan fingerprint density at radius 2 is 1.75 bits per heavy atom. The van der Waals surface area contributed by atoms with Gasteiger partial charge in [-0.1, -0.05) is 18.2 Å². The number of hydrogen-bond acceptors (Lipinski definition) is 3. The average molecular weight is 284 g/mol. The minimum absolute atomic E-state index is 0.245. The molecule has 0 unspecified atom stereocenters. The molecule has 0 aliphatic carbocycles. The third-order valence-electron chi connectivity index (χ3n) is 3.35. The van der Waals surface area contributed by atoms with Gasteiger partial charge in [-0.2, -0.15) is 4.98 Å². The predicted octanol–water partition coefficient (Wildman–Crippen LogP) is 4.64. The number of benzene rings is 2. The second kappa shape index (κ2) is 5.10. The molecule has 1 heterocycles. The summed E-state index contributed by atoms with van der Waals surface area (Å²) in [6.07, 6.45) is 0. The first kappa shape index (κ1) is 12.9. The fraction of sp³-hybridized carbons (Fsp3) is 0.125. The number of halogens is 1. The molecular formula is C16H14ClN3. The molecule has 4 heteroatoms. The van der Waals surface area contributed by atoms with E-state index in [1.807, 2.05) is 30.3 Å². The Bertz CT molecular complexity index is 784. The summed E-state index contributed by atoms with van der Waals surface area (Å²) in [4.78, 5) is 8.52. The zero-order valence-electron chi connectivity index (χ0n) is 11.3. The minimum Gasteiger partial charge on any atom is -0.340 e. The topological polar surface area (TPSA) is 37.8 Å². The smallest absolute Gasteiger partial charge is 0.224 e. The molecule has 0 fully saturated rings. The maximum absolute atomic E-state index is 5.98.